The summed E-state index contributed by atoms with van der Waals surface area (Å²) in [4.78, 5) is 12.7. The zero-order valence-electron chi connectivity index (χ0n) is 15.6. The van der Waals surface area contributed by atoms with Crippen molar-refractivity contribution in [3.05, 3.63) is 59.2 Å². The molecule has 27 heavy (non-hydrogen) atoms. The van der Waals surface area contributed by atoms with Crippen LogP contribution in [0.4, 0.5) is 0 Å². The van der Waals surface area contributed by atoms with Gasteiger partial charge in [-0.25, -0.2) is 0 Å². The number of benzene rings is 2. The Hall–Kier alpha value is -2.57. The molecular weight excluding hydrogens is 346 g/mol. The van der Waals surface area contributed by atoms with Crippen molar-refractivity contribution >= 4 is 5.91 Å². The highest BCUT2D eigenvalue weighted by Gasteiger charge is 2.29. The van der Waals surface area contributed by atoms with E-state index in [-0.39, 0.29) is 24.7 Å². The second-order valence-corrected chi connectivity index (χ2v) is 6.59. The minimum Gasteiger partial charge on any atom is -0.496 e. The van der Waals surface area contributed by atoms with E-state index in [4.69, 9.17) is 19.3 Å². The molecule has 0 radical (unpaired) electrons. The molecule has 2 atom stereocenters. The highest BCUT2D eigenvalue weighted by molar-refractivity contribution is 5.94. The van der Waals surface area contributed by atoms with Gasteiger partial charge in [0, 0.05) is 12.2 Å². The van der Waals surface area contributed by atoms with Gasteiger partial charge in [-0.05, 0) is 54.8 Å². The molecule has 1 amide bonds. The smallest absolute Gasteiger partial charge is 0.251 e. The lowest BCUT2D eigenvalue weighted by molar-refractivity contribution is -0.0135. The molecule has 1 aliphatic heterocycles. The number of hydrogen-bond donors (Lipinski definition) is 2. The molecule has 2 aromatic carbocycles. The fourth-order valence-electron chi connectivity index (χ4n) is 3.11. The molecule has 0 unspecified atom stereocenters. The summed E-state index contributed by atoms with van der Waals surface area (Å²) in [5.41, 5.74) is 2.32. The second-order valence-electron chi connectivity index (χ2n) is 6.59. The Kier molecular flexibility index (Phi) is 6.32. The normalized spacial score (nSPS) is 19.4. The van der Waals surface area contributed by atoms with Gasteiger partial charge in [0.1, 0.15) is 17.6 Å². The average Bonchev–Trinajstić information content (AvgIpc) is 2.70. The van der Waals surface area contributed by atoms with E-state index in [1.807, 2.05) is 37.3 Å². The minimum absolute atomic E-state index is 0.00716. The maximum Gasteiger partial charge on any atom is 0.251 e. The summed E-state index contributed by atoms with van der Waals surface area (Å²) in [7, 11) is 1.61. The largest absolute Gasteiger partial charge is 0.496 e. The first-order valence-electron chi connectivity index (χ1n) is 9.00. The number of carbonyl (C=O) groups is 1. The van der Waals surface area contributed by atoms with Gasteiger partial charge < -0.3 is 24.6 Å². The topological polar surface area (TPSA) is 77.0 Å². The molecule has 3 rings (SSSR count). The molecule has 2 N–H and O–H groups in total. The molecule has 1 fully saturated rings. The van der Waals surface area contributed by atoms with E-state index >= 15 is 0 Å². The highest BCUT2D eigenvalue weighted by Crippen LogP contribution is 2.21. The van der Waals surface area contributed by atoms with Crippen molar-refractivity contribution < 1.29 is 24.1 Å². The fraction of sp³-hybridized carbons (Fsp3) is 0.381. The van der Waals surface area contributed by atoms with Crippen molar-refractivity contribution in [3.8, 4) is 11.5 Å². The Morgan fingerprint density at radius 2 is 2.04 bits per heavy atom. The lowest BCUT2D eigenvalue weighted by Gasteiger charge is -2.32. The van der Waals surface area contributed by atoms with Crippen molar-refractivity contribution in [2.24, 2.45) is 0 Å². The van der Waals surface area contributed by atoms with Crippen LogP contribution in [-0.4, -0.2) is 43.5 Å². The van der Waals surface area contributed by atoms with E-state index in [1.54, 1.807) is 19.2 Å². The SMILES string of the molecule is COc1ccc(C(=O)N[C@@H]2CCOC[C@H]2Oc2ccc(CO)cc2)cc1C. The first-order valence-corrected chi connectivity index (χ1v) is 9.00. The molecule has 2 aromatic rings. The highest BCUT2D eigenvalue weighted by atomic mass is 16.5. The van der Waals surface area contributed by atoms with Gasteiger partial charge >= 0.3 is 0 Å². The molecule has 6 nitrogen and oxygen atoms in total. The average molecular weight is 371 g/mol. The number of ether oxygens (including phenoxy) is 3. The van der Waals surface area contributed by atoms with Crippen LogP contribution in [0.25, 0.3) is 0 Å². The number of aryl methyl sites for hydroxylation is 1. The van der Waals surface area contributed by atoms with E-state index in [0.717, 1.165) is 16.9 Å². The van der Waals surface area contributed by atoms with Gasteiger partial charge in [0.25, 0.3) is 5.91 Å². The van der Waals surface area contributed by atoms with Crippen LogP contribution in [0.2, 0.25) is 0 Å². The third kappa shape index (κ3) is 4.78. The third-order valence-electron chi connectivity index (χ3n) is 4.67. The lowest BCUT2D eigenvalue weighted by atomic mass is 10.0. The van der Waals surface area contributed by atoms with Gasteiger partial charge in [0.15, 0.2) is 0 Å². The van der Waals surface area contributed by atoms with Crippen molar-refractivity contribution in [1.29, 1.82) is 0 Å². The molecule has 0 aromatic heterocycles. The number of aliphatic hydroxyl groups is 1. The Bertz CT molecular complexity index is 775. The molecule has 6 heteroatoms. The van der Waals surface area contributed by atoms with Crippen molar-refractivity contribution in [1.82, 2.24) is 5.32 Å². The van der Waals surface area contributed by atoms with Crippen LogP contribution in [0.15, 0.2) is 42.5 Å². The molecule has 0 aliphatic carbocycles. The quantitative estimate of drug-likeness (QED) is 0.816. The van der Waals surface area contributed by atoms with Gasteiger partial charge in [-0.1, -0.05) is 12.1 Å². The van der Waals surface area contributed by atoms with Crippen LogP contribution in [0, 0.1) is 6.92 Å². The molecule has 1 saturated heterocycles. The maximum atomic E-state index is 12.7. The number of carbonyl (C=O) groups excluding carboxylic acids is 1. The lowest BCUT2D eigenvalue weighted by Crippen LogP contribution is -2.51. The predicted molar refractivity (Wildman–Crippen MR) is 101 cm³/mol. The summed E-state index contributed by atoms with van der Waals surface area (Å²) in [5.74, 6) is 1.30. The van der Waals surface area contributed by atoms with Crippen LogP contribution in [0.3, 0.4) is 0 Å². The summed E-state index contributed by atoms with van der Waals surface area (Å²) in [6.45, 7) is 2.89. The van der Waals surface area contributed by atoms with Crippen LogP contribution in [0.1, 0.15) is 27.9 Å². The van der Waals surface area contributed by atoms with Crippen LogP contribution < -0.4 is 14.8 Å². The first kappa shape index (κ1) is 19.2. The minimum atomic E-state index is -0.276. The zero-order valence-corrected chi connectivity index (χ0v) is 15.6. The number of amides is 1. The van der Waals surface area contributed by atoms with Crippen molar-refractivity contribution in [3.63, 3.8) is 0 Å². The van der Waals surface area contributed by atoms with E-state index in [9.17, 15) is 4.79 Å². The van der Waals surface area contributed by atoms with Gasteiger partial charge in [-0.15, -0.1) is 0 Å². The Labute approximate surface area is 159 Å². The molecule has 0 spiro atoms. The van der Waals surface area contributed by atoms with Crippen LogP contribution in [0.5, 0.6) is 11.5 Å². The number of methoxy groups -OCH3 is 1. The van der Waals surface area contributed by atoms with Crippen molar-refractivity contribution in [2.75, 3.05) is 20.3 Å². The Morgan fingerprint density at radius 1 is 1.26 bits per heavy atom. The monoisotopic (exact) mass is 371 g/mol. The van der Waals surface area contributed by atoms with Gasteiger partial charge in [-0.2, -0.15) is 0 Å². The fourth-order valence-corrected chi connectivity index (χ4v) is 3.11. The Morgan fingerprint density at radius 3 is 2.70 bits per heavy atom. The number of nitrogens with one attached hydrogen (secondary N) is 1. The summed E-state index contributed by atoms with van der Waals surface area (Å²) in [6, 6.07) is 12.5. The Balaban J connectivity index is 1.67. The van der Waals surface area contributed by atoms with E-state index in [1.165, 1.54) is 0 Å². The molecule has 1 aliphatic rings. The van der Waals surface area contributed by atoms with Gasteiger partial charge in [0.2, 0.25) is 0 Å². The predicted octanol–water partition coefficient (Wildman–Crippen LogP) is 2.46. The maximum absolute atomic E-state index is 12.7. The first-order chi connectivity index (χ1) is 13.1. The van der Waals surface area contributed by atoms with Crippen LogP contribution in [-0.2, 0) is 11.3 Å². The van der Waals surface area contributed by atoms with Gasteiger partial charge in [0.05, 0.1) is 26.4 Å². The second kappa shape index (κ2) is 8.88. The summed E-state index contributed by atoms with van der Waals surface area (Å²) in [5, 5.41) is 12.2. The van der Waals surface area contributed by atoms with Crippen molar-refractivity contribution in [2.45, 2.75) is 32.1 Å². The molecule has 144 valence electrons. The van der Waals surface area contributed by atoms with E-state index < -0.39 is 0 Å². The third-order valence-corrected chi connectivity index (χ3v) is 4.67. The van der Waals surface area contributed by atoms with Crippen LogP contribution >= 0.6 is 0 Å². The van der Waals surface area contributed by atoms with E-state index in [2.05, 4.69) is 5.32 Å². The summed E-state index contributed by atoms with van der Waals surface area (Å²) >= 11 is 0. The molecule has 0 saturated carbocycles. The molecule has 0 bridgehead atoms. The van der Waals surface area contributed by atoms with Gasteiger partial charge in [-0.3, -0.25) is 4.79 Å². The summed E-state index contributed by atoms with van der Waals surface area (Å²) in [6.07, 6.45) is 0.405. The number of rotatable bonds is 6. The number of aliphatic hydroxyl groups excluding tert-OH is 1. The zero-order chi connectivity index (χ0) is 19.2. The van der Waals surface area contributed by atoms with E-state index in [0.29, 0.717) is 30.9 Å². The molecule has 1 heterocycles. The number of hydrogen-bond acceptors (Lipinski definition) is 5. The standard InChI is InChI=1S/C21H25NO5/c1-14-11-16(5-8-19(14)25-2)21(24)22-18-9-10-26-13-20(18)27-17-6-3-15(12-23)4-7-17/h3-8,11,18,20,23H,9-10,12-13H2,1-2H3,(H,22,24)/t18-,20-/m1/s1. The molecular formula is C21H25NO5. The summed E-state index contributed by atoms with van der Waals surface area (Å²) < 4.78 is 16.8.